The molecule has 2 saturated carbocycles. The summed E-state index contributed by atoms with van der Waals surface area (Å²) in [5, 5.41) is 6.01. The van der Waals surface area contributed by atoms with Gasteiger partial charge >= 0.3 is 0 Å². The first-order valence-corrected chi connectivity index (χ1v) is 27.6. The third kappa shape index (κ3) is 15.6. The number of nitrogens with one attached hydrogen (secondary N) is 3. The van der Waals surface area contributed by atoms with Crippen LogP contribution in [0, 0.1) is 30.1 Å². The van der Waals surface area contributed by atoms with Gasteiger partial charge in [0, 0.05) is 67.0 Å². The monoisotopic (exact) mass is 988 g/mol. The molecule has 5 aliphatic rings. The summed E-state index contributed by atoms with van der Waals surface area (Å²) >= 11 is 0. The minimum absolute atomic E-state index is 0. The quantitative estimate of drug-likeness (QED) is 0.153. The number of amides is 2. The number of benzene rings is 4. The molecule has 3 heterocycles. The van der Waals surface area contributed by atoms with Crippen LogP contribution in [0.5, 0.6) is 0 Å². The van der Waals surface area contributed by atoms with E-state index in [0.29, 0.717) is 40.7 Å². The topological polar surface area (TPSA) is 120 Å². The van der Waals surface area contributed by atoms with Crippen molar-refractivity contribution >= 4 is 44.6 Å². The highest BCUT2D eigenvalue weighted by atomic mass is 32.2. The standard InChI is InChI=1S/C28H37N3O4S.C22H26N2O.C5H12.2C2H6.5H2/c1-26(2,3)30-36(33,34)22-7-5-6-21(17-22)29-25(32)23-9-8-20(27(4)18-35-19-27)16-24(23)31-14-12-28(10-11-28)13-15-31;1-16-4-3-5-18(14-16)23-21(25)19-7-6-17(2)15-20(19)24-12-10-22(8-9-22)11-13-24;1-5(2,3)4;2*1-2;;;;;/h5-9,16-17,30H,10-15,18-19H2,1-4H3,(H,29,32);3-7,14-15H,8-13H2,1-2H3,(H,23,25);1-4H3;2*1-2H3;5*1H. The van der Waals surface area contributed by atoms with Gasteiger partial charge in [0.25, 0.3) is 11.8 Å². The Hall–Kier alpha value is -4.71. The van der Waals surface area contributed by atoms with Gasteiger partial charge in [0.15, 0.2) is 0 Å². The average Bonchev–Trinajstić information content (AvgIpc) is 4.24. The van der Waals surface area contributed by atoms with E-state index in [1.54, 1.807) is 32.9 Å². The maximum atomic E-state index is 13.5. The summed E-state index contributed by atoms with van der Waals surface area (Å²) in [4.78, 5) is 31.3. The first kappa shape index (κ1) is 56.2. The number of piperidine rings is 2. The smallest absolute Gasteiger partial charge is 0.257 e. The number of nitrogens with zero attached hydrogens (tertiary/aromatic N) is 2. The van der Waals surface area contributed by atoms with Gasteiger partial charge in [0.1, 0.15) is 0 Å². The van der Waals surface area contributed by atoms with Crippen molar-refractivity contribution < 1.29 is 29.9 Å². The zero-order valence-electron chi connectivity index (χ0n) is 45.3. The third-order valence-electron chi connectivity index (χ3n) is 13.5. The van der Waals surface area contributed by atoms with Crippen molar-refractivity contribution in [3.05, 3.63) is 113 Å². The minimum Gasteiger partial charge on any atom is -0.379 e. The van der Waals surface area contributed by atoms with Crippen LogP contribution >= 0.6 is 0 Å². The first-order chi connectivity index (χ1) is 32.9. The molecule has 5 fully saturated rings. The Morgan fingerprint density at radius 2 is 1.01 bits per heavy atom. The summed E-state index contributed by atoms with van der Waals surface area (Å²) in [5.41, 5.74) is 9.30. The molecule has 0 bridgehead atoms. The highest BCUT2D eigenvalue weighted by Gasteiger charge is 2.46. The molecule has 3 aliphatic heterocycles. The molecule has 11 heteroatoms. The van der Waals surface area contributed by atoms with E-state index in [2.05, 4.69) is 78.8 Å². The molecule has 0 radical (unpaired) electrons. The van der Waals surface area contributed by atoms with Crippen molar-refractivity contribution in [1.29, 1.82) is 0 Å². The molecule has 4 aromatic carbocycles. The summed E-state index contributed by atoms with van der Waals surface area (Å²) < 4.78 is 33.8. The van der Waals surface area contributed by atoms with E-state index in [1.807, 2.05) is 83.1 Å². The van der Waals surface area contributed by atoms with Gasteiger partial charge in [-0.3, -0.25) is 9.59 Å². The summed E-state index contributed by atoms with van der Waals surface area (Å²) in [5.74, 6) is -0.260. The van der Waals surface area contributed by atoms with Crippen LogP contribution < -0.4 is 25.2 Å². The molecule has 0 aromatic heterocycles. The highest BCUT2D eigenvalue weighted by molar-refractivity contribution is 7.89. The summed E-state index contributed by atoms with van der Waals surface area (Å²) in [6, 6.07) is 26.6. The van der Waals surface area contributed by atoms with E-state index < -0.39 is 15.6 Å². The maximum absolute atomic E-state index is 13.5. The van der Waals surface area contributed by atoms with E-state index >= 15 is 0 Å². The van der Waals surface area contributed by atoms with Crippen LogP contribution in [-0.4, -0.2) is 65.2 Å². The van der Waals surface area contributed by atoms with Crippen LogP contribution in [0.15, 0.2) is 89.8 Å². The number of hydrogen-bond acceptors (Lipinski definition) is 7. The predicted octanol–water partition coefficient (Wildman–Crippen LogP) is 15.0. The van der Waals surface area contributed by atoms with Crippen molar-refractivity contribution in [1.82, 2.24) is 4.72 Å². The van der Waals surface area contributed by atoms with Crippen LogP contribution in [0.3, 0.4) is 0 Å². The lowest BCUT2D eigenvalue weighted by Crippen LogP contribution is -2.44. The Bertz CT molecular complexity index is 2510. The summed E-state index contributed by atoms with van der Waals surface area (Å²) in [6.07, 6.45) is 10.3. The second-order valence-corrected chi connectivity index (χ2v) is 24.6. The largest absolute Gasteiger partial charge is 0.379 e. The van der Waals surface area contributed by atoms with Crippen molar-refractivity contribution in [2.24, 2.45) is 16.2 Å². The molecule has 3 N–H and O–H groups in total. The Morgan fingerprint density at radius 3 is 1.44 bits per heavy atom. The Kier molecular flexibility index (Phi) is 18.7. The fourth-order valence-electron chi connectivity index (χ4n) is 9.15. The second-order valence-electron chi connectivity index (χ2n) is 22.9. The zero-order chi connectivity index (χ0) is 51.7. The summed E-state index contributed by atoms with van der Waals surface area (Å²) in [6.45, 7) is 33.9. The van der Waals surface area contributed by atoms with Crippen LogP contribution in [0.25, 0.3) is 0 Å². The van der Waals surface area contributed by atoms with E-state index in [0.717, 1.165) is 54.4 Å². The van der Waals surface area contributed by atoms with Crippen LogP contribution in [0.2, 0.25) is 0 Å². The third-order valence-corrected chi connectivity index (χ3v) is 15.3. The molecule has 394 valence electrons. The molecule has 70 heavy (non-hydrogen) atoms. The number of carbonyl (C=O) groups is 2. The molecular formula is C59H97N5O5S. The van der Waals surface area contributed by atoms with E-state index in [9.17, 15) is 18.0 Å². The fourth-order valence-corrected chi connectivity index (χ4v) is 10.6. The number of ether oxygens (including phenoxy) is 1. The molecule has 3 saturated heterocycles. The van der Waals surface area contributed by atoms with Gasteiger partial charge in [-0.2, -0.15) is 0 Å². The number of hydrogen-bond donors (Lipinski definition) is 3. The minimum atomic E-state index is -3.71. The molecule has 2 aliphatic carbocycles. The van der Waals surface area contributed by atoms with Gasteiger partial charge in [0.2, 0.25) is 10.0 Å². The SMILES string of the molecule is CC.CC.CC(C)(C)C.CC(C)(C)NS(=O)(=O)c1cccc(NC(=O)c2ccc(C3(C)COC3)cc2N2CCC3(CC2)CC3)c1.Cc1cccc(NC(=O)c2ccc(C)cc2N2CCC3(CC2)CC3)c1.[HH].[HH].[HH].[HH].[HH]. The Labute approximate surface area is 430 Å². The maximum Gasteiger partial charge on any atom is 0.257 e. The van der Waals surface area contributed by atoms with E-state index in [-0.39, 0.29) is 29.3 Å². The summed E-state index contributed by atoms with van der Waals surface area (Å²) in [7, 11) is -3.71. The van der Waals surface area contributed by atoms with Crippen molar-refractivity contribution in [3.8, 4) is 0 Å². The number of anilines is 4. The van der Waals surface area contributed by atoms with Gasteiger partial charge < -0.3 is 25.2 Å². The molecule has 10 nitrogen and oxygen atoms in total. The van der Waals surface area contributed by atoms with E-state index in [4.69, 9.17) is 4.74 Å². The highest BCUT2D eigenvalue weighted by Crippen LogP contribution is 2.55. The van der Waals surface area contributed by atoms with Gasteiger partial charge in [-0.1, -0.05) is 92.6 Å². The number of rotatable bonds is 9. The van der Waals surface area contributed by atoms with Gasteiger partial charge in [-0.15, -0.1) is 0 Å². The molecule has 4 aromatic rings. The molecule has 2 amide bonds. The lowest BCUT2D eigenvalue weighted by Gasteiger charge is -2.40. The molecule has 0 unspecified atom stereocenters. The van der Waals surface area contributed by atoms with Crippen molar-refractivity contribution in [2.75, 3.05) is 59.8 Å². The second kappa shape index (κ2) is 23.2. The van der Waals surface area contributed by atoms with Crippen LogP contribution in [-0.2, 0) is 20.2 Å². The van der Waals surface area contributed by atoms with Gasteiger partial charge in [0.05, 0.1) is 29.2 Å². The molecule has 0 atom stereocenters. The predicted molar refractivity (Wildman–Crippen MR) is 304 cm³/mol. The van der Waals surface area contributed by atoms with Crippen molar-refractivity contribution in [3.63, 3.8) is 0 Å². The molecule has 9 rings (SSSR count). The fraction of sp³-hybridized carbons (Fsp3) is 0.559. The van der Waals surface area contributed by atoms with Crippen LogP contribution in [0.1, 0.15) is 179 Å². The van der Waals surface area contributed by atoms with E-state index in [1.165, 1.54) is 74.6 Å². The number of aryl methyl sites for hydroxylation is 2. The normalized spacial score (nSPS) is 18.1. The number of carbonyl (C=O) groups excluding carboxylic acids is 2. The Balaban J connectivity index is 0.00000124. The average molecular weight is 989 g/mol. The molecule has 2 spiro atoms. The van der Waals surface area contributed by atoms with Crippen LogP contribution in [0.4, 0.5) is 22.7 Å². The zero-order valence-corrected chi connectivity index (χ0v) is 46.1. The first-order valence-electron chi connectivity index (χ1n) is 26.1. The lowest BCUT2D eigenvalue weighted by atomic mass is 9.80. The number of sulfonamides is 1. The molecular weight excluding hydrogens is 891 g/mol. The lowest BCUT2D eigenvalue weighted by molar-refractivity contribution is -0.0499. The Morgan fingerprint density at radius 1 is 0.586 bits per heavy atom. The van der Waals surface area contributed by atoms with Gasteiger partial charge in [-0.25, -0.2) is 13.1 Å². The van der Waals surface area contributed by atoms with Crippen molar-refractivity contribution in [2.45, 2.75) is 164 Å². The van der Waals surface area contributed by atoms with Gasteiger partial charge in [-0.05, 0) is 174 Å².